The molecule has 99 heavy (non-hydrogen) atoms. The Morgan fingerprint density at radius 2 is 1.64 bits per heavy atom. The van der Waals surface area contributed by atoms with Crippen LogP contribution in [0.2, 0.25) is 0 Å². The van der Waals surface area contributed by atoms with Crippen molar-refractivity contribution in [2.24, 2.45) is 23.2 Å². The van der Waals surface area contributed by atoms with E-state index in [0.29, 0.717) is 42.9 Å². The Balaban J connectivity index is 0.997. The molecule has 2 unspecified atom stereocenters. The van der Waals surface area contributed by atoms with Crippen LogP contribution >= 0.6 is 11.3 Å². The highest BCUT2D eigenvalue weighted by Crippen LogP contribution is 2.41. The number of ether oxygens (including phenoxy) is 5. The molecule has 9 N–H and O–H groups in total. The fraction of sp³-hybridized carbons (Fsp3) is 0.606. The predicted molar refractivity (Wildman–Crippen MR) is 363 cm³/mol. The highest BCUT2D eigenvalue weighted by molar-refractivity contribution is 7.09. The van der Waals surface area contributed by atoms with Gasteiger partial charge in [-0.2, -0.15) is 0 Å². The monoisotopic (exact) mass is 1400 g/mol. The fourth-order valence-corrected chi connectivity index (χ4v) is 13.0. The van der Waals surface area contributed by atoms with Gasteiger partial charge in [-0.05, 0) is 125 Å². The van der Waals surface area contributed by atoms with E-state index in [-0.39, 0.29) is 110 Å². The van der Waals surface area contributed by atoms with Crippen LogP contribution in [0, 0.1) is 35.5 Å². The van der Waals surface area contributed by atoms with Crippen molar-refractivity contribution in [1.82, 2.24) is 36.2 Å². The van der Waals surface area contributed by atoms with E-state index < -0.39 is 108 Å². The molecule has 27 nitrogen and oxygen atoms in total. The molecule has 4 aliphatic rings. The SMILES string of the molecule is C#CCCCON(C(=O)[C@@H](NC(=O)[C@H]1CCCCN1C)[C@@H](C)CC)[C@H](C[C@@H](OC(C)=O)c1nc(C(=O)N[C@@H](Cc2ccc(NC(=O)OCc3ccc(O[C@@H]4O[C@H](CO)[C@@H](O)C(=O)[C@H]4O)c(C(=O)NCCNC(=O)COC4CCCCCC5C=C54)c3)cc2)CC(C)(C)C(=O)O)cs1)C(C)C. The number of rotatable bonds is 35. The lowest BCUT2D eigenvalue weighted by molar-refractivity contribution is -0.229. The van der Waals surface area contributed by atoms with Gasteiger partial charge in [0.25, 0.3) is 17.7 Å². The Morgan fingerprint density at radius 1 is 0.919 bits per heavy atom. The summed E-state index contributed by atoms with van der Waals surface area (Å²) in [5.41, 5.74) is 0.951. The van der Waals surface area contributed by atoms with Crippen molar-refractivity contribution >= 4 is 70.4 Å². The molecule has 12 atom stereocenters. The zero-order chi connectivity index (χ0) is 72.1. The number of hydrogen-bond donors (Lipinski definition) is 9. The number of carboxylic acid groups (broad SMARTS) is 1. The second-order valence-electron chi connectivity index (χ2n) is 26.8. The predicted octanol–water partition coefficient (Wildman–Crippen LogP) is 6.08. The minimum absolute atomic E-state index is 0.0130. The van der Waals surface area contributed by atoms with Gasteiger partial charge in [-0.15, -0.1) is 23.7 Å². The number of nitrogens with zero attached hydrogens (tertiary/aromatic N) is 3. The molecule has 2 saturated heterocycles. The highest BCUT2D eigenvalue weighted by atomic mass is 32.1. The summed E-state index contributed by atoms with van der Waals surface area (Å²) < 4.78 is 28.7. The van der Waals surface area contributed by atoms with Crippen molar-refractivity contribution in [1.29, 1.82) is 0 Å². The molecule has 3 heterocycles. The number of aromatic nitrogens is 1. The number of hydroxylamine groups is 2. The second-order valence-corrected chi connectivity index (χ2v) is 27.7. The first-order valence-electron chi connectivity index (χ1n) is 34.2. The van der Waals surface area contributed by atoms with Gasteiger partial charge in [-0.3, -0.25) is 53.4 Å². The van der Waals surface area contributed by atoms with Gasteiger partial charge in [-0.1, -0.05) is 84.1 Å². The lowest BCUT2D eigenvalue weighted by Gasteiger charge is -2.39. The summed E-state index contributed by atoms with van der Waals surface area (Å²) >= 11 is 1.06. The molecule has 3 fully saturated rings. The number of nitrogens with one attached hydrogen (secondary N) is 5. The fourth-order valence-electron chi connectivity index (χ4n) is 12.2. The maximum Gasteiger partial charge on any atom is 0.411 e. The van der Waals surface area contributed by atoms with Crippen LogP contribution < -0.4 is 31.3 Å². The summed E-state index contributed by atoms with van der Waals surface area (Å²) in [4.78, 5) is 134. The third-order valence-electron chi connectivity index (χ3n) is 18.3. The third-order valence-corrected chi connectivity index (χ3v) is 19.2. The molecule has 2 aliphatic heterocycles. The van der Waals surface area contributed by atoms with Gasteiger partial charge in [0.05, 0.1) is 42.4 Å². The quantitative estimate of drug-likeness (QED) is 0.0106. The standard InChI is InChI=1S/C71H98N8O19S/c1-10-12-18-31-95-79(67(89)59(42(5)11-2)77-65(88)52-20-16-17-30-78(52)9)53(41(3)4)35-56(96-43(6)81)66-76-51(40-99-66)64(87)74-48(36-71(7,8)69(90)91)32-44-22-25-47(26-23-44)75-70(92)94-38-45-24-27-55(97-68-62(85)61(84)60(83)57(37-80)98-68)50(33-45)63(86)73-29-28-72-58(82)39-93-54-21-15-13-14-19-46-34-49(46)54/h1,22-27,33-34,40-42,46,48,52-54,56-57,59-60,62,68,80,83,85H,11-21,28-32,35-39H2,2-9H3,(H,72,82)(H,73,86)(H,74,87)(H,75,92)(H,77,88)(H,90,91)/t42-,46?,48-,52+,53+,54?,56+,57+,59-,60+,62+,68+/m0/s1. The third kappa shape index (κ3) is 22.8. The van der Waals surface area contributed by atoms with Crippen molar-refractivity contribution in [3.63, 3.8) is 0 Å². The number of Topliss-reactive ketones (excluding diaryl/α,β-unsaturated/α-hetero) is 1. The van der Waals surface area contributed by atoms with Crippen LogP contribution in [0.25, 0.3) is 0 Å². The number of amides is 6. The van der Waals surface area contributed by atoms with Crippen LogP contribution in [-0.2, 0) is 65.6 Å². The number of likely N-dealkylation sites (N-methyl/N-ethyl adjacent to an activating group) is 1. The van der Waals surface area contributed by atoms with E-state index in [2.05, 4.69) is 43.6 Å². The second kappa shape index (κ2) is 37.5. The number of aliphatic hydroxyl groups excluding tert-OH is 3. The molecule has 1 saturated carbocycles. The van der Waals surface area contributed by atoms with Gasteiger partial charge >= 0.3 is 18.0 Å². The number of likely N-dealkylation sites (tertiary alicyclic amines) is 1. The number of piperidine rings is 1. The van der Waals surface area contributed by atoms with Gasteiger partial charge < -0.3 is 65.4 Å². The van der Waals surface area contributed by atoms with Crippen LogP contribution in [-0.4, -0.2) is 190 Å². The molecule has 28 heteroatoms. The first kappa shape index (κ1) is 78.5. The van der Waals surface area contributed by atoms with Crippen molar-refractivity contribution in [3.8, 4) is 18.1 Å². The number of esters is 1. The van der Waals surface area contributed by atoms with Gasteiger partial charge in [0, 0.05) is 55.9 Å². The minimum atomic E-state index is -1.99. The van der Waals surface area contributed by atoms with E-state index in [4.69, 9.17) is 34.9 Å². The van der Waals surface area contributed by atoms with E-state index in [1.807, 2.05) is 39.6 Å². The average Bonchev–Trinajstić information content (AvgIpc) is 1.75. The molecule has 542 valence electrons. The molecule has 1 aromatic heterocycles. The zero-order valence-corrected chi connectivity index (χ0v) is 58.6. The number of carbonyl (C=O) groups is 9. The number of unbranched alkanes of at least 4 members (excludes halogenated alkanes) is 1. The lowest BCUT2D eigenvalue weighted by atomic mass is 9.84. The van der Waals surface area contributed by atoms with Crippen LogP contribution in [0.1, 0.15) is 175 Å². The number of carboxylic acids is 1. The molecule has 0 spiro atoms. The molecule has 2 aromatic carbocycles. The Labute approximate surface area is 582 Å². The molecule has 7 rings (SSSR count). The lowest BCUT2D eigenvalue weighted by Crippen LogP contribution is -2.58. The van der Waals surface area contributed by atoms with E-state index in [0.717, 1.165) is 56.4 Å². The summed E-state index contributed by atoms with van der Waals surface area (Å²) in [6.45, 7) is 11.4. The summed E-state index contributed by atoms with van der Waals surface area (Å²) in [5.74, 6) is -3.04. The maximum absolute atomic E-state index is 14.9. The number of thiazole rings is 1. The number of aliphatic hydroxyl groups is 3. The van der Waals surface area contributed by atoms with E-state index >= 15 is 0 Å². The summed E-state index contributed by atoms with van der Waals surface area (Å²) in [7, 11) is 1.89. The largest absolute Gasteiger partial charge is 0.481 e. The number of aliphatic carboxylic acids is 1. The Kier molecular flexibility index (Phi) is 29.7. The van der Waals surface area contributed by atoms with Gasteiger partial charge in [-0.25, -0.2) is 14.8 Å². The van der Waals surface area contributed by atoms with Crippen molar-refractivity contribution in [2.75, 3.05) is 51.8 Å². The average molecular weight is 1400 g/mol. The number of terminal acetylenes is 1. The number of benzene rings is 2. The number of anilines is 1. The minimum Gasteiger partial charge on any atom is -0.481 e. The van der Waals surface area contributed by atoms with E-state index in [1.54, 1.807) is 24.3 Å². The molecule has 0 bridgehead atoms. The Bertz CT molecular complexity index is 3350. The van der Waals surface area contributed by atoms with Gasteiger partial charge in [0.1, 0.15) is 47.9 Å². The Morgan fingerprint density at radius 3 is 2.32 bits per heavy atom. The van der Waals surface area contributed by atoms with Crippen molar-refractivity contribution in [3.05, 3.63) is 86.9 Å². The van der Waals surface area contributed by atoms with Gasteiger partial charge in [0.15, 0.2) is 18.0 Å². The zero-order valence-electron chi connectivity index (χ0n) is 57.8. The number of ketones is 1. The molecule has 6 amide bonds. The van der Waals surface area contributed by atoms with Gasteiger partial charge in [0.2, 0.25) is 18.1 Å². The highest BCUT2D eigenvalue weighted by Gasteiger charge is 2.46. The molecule has 2 aliphatic carbocycles. The normalized spacial score (nSPS) is 21.6. The van der Waals surface area contributed by atoms with Crippen LogP contribution in [0.15, 0.2) is 59.5 Å². The van der Waals surface area contributed by atoms with Crippen LogP contribution in [0.3, 0.4) is 0 Å². The molecule has 3 aromatic rings. The summed E-state index contributed by atoms with van der Waals surface area (Å²) in [6, 6.07) is 7.69. The molecular formula is C71H98N8O19S. The summed E-state index contributed by atoms with van der Waals surface area (Å²) in [5, 5.41) is 57.9. The maximum atomic E-state index is 14.9. The summed E-state index contributed by atoms with van der Waals surface area (Å²) in [6.07, 6.45) is 7.88. The molecular weight excluding hydrogens is 1300 g/mol. The van der Waals surface area contributed by atoms with E-state index in [9.17, 15) is 63.6 Å². The van der Waals surface area contributed by atoms with Crippen LogP contribution in [0.4, 0.5) is 10.5 Å². The van der Waals surface area contributed by atoms with E-state index in [1.165, 1.54) is 61.4 Å². The number of allylic oxidation sites excluding steroid dienone is 1. The number of hydrogen-bond acceptors (Lipinski definition) is 21. The first-order chi connectivity index (χ1) is 47.2. The smallest absolute Gasteiger partial charge is 0.411 e. The Hall–Kier alpha value is -7.88. The number of carbonyl (C=O) groups excluding carboxylic acids is 8. The first-order valence-corrected chi connectivity index (χ1v) is 35.0. The van der Waals surface area contributed by atoms with Crippen molar-refractivity contribution < 1.29 is 92.1 Å². The van der Waals surface area contributed by atoms with Crippen molar-refractivity contribution in [2.45, 2.75) is 206 Å². The topological polar surface area (TPSA) is 369 Å². The number of fused-ring (bicyclic) bond motifs is 1. The molecule has 0 radical (unpaired) electrons. The van der Waals surface area contributed by atoms with Crippen LogP contribution in [0.5, 0.6) is 5.75 Å².